The Morgan fingerprint density at radius 2 is 1.67 bits per heavy atom. The molecule has 1 aromatic carbocycles. The van der Waals surface area contributed by atoms with E-state index < -0.39 is 0 Å². The van der Waals surface area contributed by atoms with Crippen LogP contribution in [-0.2, 0) is 7.05 Å². The van der Waals surface area contributed by atoms with Crippen LogP contribution in [0.1, 0.15) is 10.4 Å². The van der Waals surface area contributed by atoms with Crippen LogP contribution >= 0.6 is 0 Å². The lowest BCUT2D eigenvalue weighted by Gasteiger charge is -2.32. The lowest BCUT2D eigenvalue weighted by molar-refractivity contribution is 0.0664. The molecule has 0 unspecified atom stereocenters. The number of benzene rings is 1. The lowest BCUT2D eigenvalue weighted by Crippen LogP contribution is -2.47. The van der Waals surface area contributed by atoms with Crippen LogP contribution in [0.4, 0.5) is 0 Å². The summed E-state index contributed by atoms with van der Waals surface area (Å²) in [4.78, 5) is 21.5. The first kappa shape index (κ1) is 17.4. The summed E-state index contributed by atoms with van der Waals surface area (Å²) in [5.74, 6) is 0.0765. The van der Waals surface area contributed by atoms with Crippen molar-refractivity contribution in [2.45, 2.75) is 0 Å². The average molecular weight is 361 g/mol. The molecule has 0 aliphatic carbocycles. The third kappa shape index (κ3) is 3.75. The Hall–Kier alpha value is -2.99. The molecule has 138 valence electrons. The van der Waals surface area contributed by atoms with E-state index in [9.17, 15) is 4.79 Å². The minimum atomic E-state index is 0.0765. The summed E-state index contributed by atoms with van der Waals surface area (Å²) in [6.07, 6.45) is 3.64. The first-order valence-corrected chi connectivity index (χ1v) is 9.14. The summed E-state index contributed by atoms with van der Waals surface area (Å²) >= 11 is 0. The molecule has 6 nitrogen and oxygen atoms in total. The van der Waals surface area contributed by atoms with Gasteiger partial charge in [0.15, 0.2) is 0 Å². The number of likely N-dealkylation sites (N-methyl/N-ethyl adjacent to an activating group) is 1. The smallest absolute Gasteiger partial charge is 0.254 e. The van der Waals surface area contributed by atoms with E-state index >= 15 is 0 Å². The van der Waals surface area contributed by atoms with Crippen LogP contribution in [0.15, 0.2) is 54.9 Å². The molecule has 0 spiro atoms. The number of carbonyl (C=O) groups is 1. The van der Waals surface area contributed by atoms with Gasteiger partial charge in [-0.3, -0.25) is 14.5 Å². The fourth-order valence-electron chi connectivity index (χ4n) is 3.32. The SMILES string of the molecule is CN1CCN(C(=O)c2ccnc(-c3cccc(-c4ccn(C)n4)c3)c2)CC1. The number of nitrogens with zero attached hydrogens (tertiary/aromatic N) is 5. The molecule has 27 heavy (non-hydrogen) atoms. The topological polar surface area (TPSA) is 54.3 Å². The third-order valence-corrected chi connectivity index (χ3v) is 4.97. The molecule has 0 atom stereocenters. The van der Waals surface area contributed by atoms with Crippen molar-refractivity contribution >= 4 is 5.91 Å². The molecule has 4 rings (SSSR count). The van der Waals surface area contributed by atoms with Crippen molar-refractivity contribution in [1.29, 1.82) is 0 Å². The molecule has 6 heteroatoms. The van der Waals surface area contributed by atoms with Crippen molar-refractivity contribution in [3.63, 3.8) is 0 Å². The number of aromatic nitrogens is 3. The van der Waals surface area contributed by atoms with Gasteiger partial charge in [-0.25, -0.2) is 0 Å². The van der Waals surface area contributed by atoms with E-state index in [4.69, 9.17) is 0 Å². The Morgan fingerprint density at radius 1 is 0.926 bits per heavy atom. The molecule has 1 saturated heterocycles. The molecular formula is C21H23N5O. The summed E-state index contributed by atoms with van der Waals surface area (Å²) in [5, 5.41) is 4.46. The normalized spacial score (nSPS) is 15.1. The lowest BCUT2D eigenvalue weighted by atomic mass is 10.0. The Labute approximate surface area is 159 Å². The minimum absolute atomic E-state index is 0.0765. The van der Waals surface area contributed by atoms with Crippen molar-refractivity contribution in [2.24, 2.45) is 7.05 Å². The molecule has 0 radical (unpaired) electrons. The van der Waals surface area contributed by atoms with Gasteiger partial charge in [-0.15, -0.1) is 0 Å². The second-order valence-corrected chi connectivity index (χ2v) is 6.98. The van der Waals surface area contributed by atoms with Crippen LogP contribution in [-0.4, -0.2) is 63.7 Å². The summed E-state index contributed by atoms with van der Waals surface area (Å²) in [6.45, 7) is 3.36. The second-order valence-electron chi connectivity index (χ2n) is 6.98. The Balaban J connectivity index is 1.60. The number of piperazine rings is 1. The molecule has 3 heterocycles. The van der Waals surface area contributed by atoms with E-state index in [1.54, 1.807) is 16.9 Å². The number of hydrogen-bond acceptors (Lipinski definition) is 4. The quantitative estimate of drug-likeness (QED) is 0.719. The van der Waals surface area contributed by atoms with E-state index in [1.807, 2.05) is 48.5 Å². The molecule has 1 fully saturated rings. The van der Waals surface area contributed by atoms with Gasteiger partial charge < -0.3 is 9.80 Å². The van der Waals surface area contributed by atoms with Crippen LogP contribution in [0.5, 0.6) is 0 Å². The predicted octanol–water partition coefficient (Wildman–Crippen LogP) is 2.54. The van der Waals surface area contributed by atoms with Gasteiger partial charge in [0.2, 0.25) is 0 Å². The molecule has 0 saturated carbocycles. The zero-order valence-corrected chi connectivity index (χ0v) is 15.7. The zero-order chi connectivity index (χ0) is 18.8. The number of rotatable bonds is 3. The number of carbonyl (C=O) groups excluding carboxylic acids is 1. The minimum Gasteiger partial charge on any atom is -0.336 e. The summed E-state index contributed by atoms with van der Waals surface area (Å²) in [7, 11) is 3.99. The van der Waals surface area contributed by atoms with Crippen LogP contribution in [0.3, 0.4) is 0 Å². The van der Waals surface area contributed by atoms with Gasteiger partial charge in [-0.05, 0) is 31.3 Å². The largest absolute Gasteiger partial charge is 0.336 e. The highest BCUT2D eigenvalue weighted by atomic mass is 16.2. The molecule has 2 aromatic heterocycles. The maximum absolute atomic E-state index is 12.8. The van der Waals surface area contributed by atoms with Gasteiger partial charge in [0.05, 0.1) is 11.4 Å². The van der Waals surface area contributed by atoms with E-state index in [0.717, 1.165) is 48.7 Å². The highest BCUT2D eigenvalue weighted by molar-refractivity contribution is 5.95. The van der Waals surface area contributed by atoms with E-state index in [2.05, 4.69) is 28.1 Å². The highest BCUT2D eigenvalue weighted by Crippen LogP contribution is 2.25. The number of amides is 1. The van der Waals surface area contributed by atoms with Gasteiger partial charge in [-0.2, -0.15) is 5.10 Å². The van der Waals surface area contributed by atoms with Crippen molar-refractivity contribution in [3.8, 4) is 22.5 Å². The van der Waals surface area contributed by atoms with E-state index in [1.165, 1.54) is 0 Å². The van der Waals surface area contributed by atoms with Crippen LogP contribution < -0.4 is 0 Å². The van der Waals surface area contributed by atoms with Crippen LogP contribution in [0, 0.1) is 0 Å². The summed E-state index contributed by atoms with van der Waals surface area (Å²) < 4.78 is 1.79. The predicted molar refractivity (Wildman–Crippen MR) is 105 cm³/mol. The van der Waals surface area contributed by atoms with Crippen molar-refractivity contribution < 1.29 is 4.79 Å². The van der Waals surface area contributed by atoms with Gasteiger partial charge in [0.25, 0.3) is 5.91 Å². The zero-order valence-electron chi connectivity index (χ0n) is 15.7. The fraction of sp³-hybridized carbons (Fsp3) is 0.286. The maximum atomic E-state index is 12.8. The molecular weight excluding hydrogens is 338 g/mol. The Morgan fingerprint density at radius 3 is 2.37 bits per heavy atom. The molecule has 1 amide bonds. The number of hydrogen-bond donors (Lipinski definition) is 0. The highest BCUT2D eigenvalue weighted by Gasteiger charge is 2.20. The van der Waals surface area contributed by atoms with Gasteiger partial charge in [0.1, 0.15) is 0 Å². The van der Waals surface area contributed by atoms with Crippen molar-refractivity contribution in [3.05, 3.63) is 60.4 Å². The summed E-state index contributed by atoms with van der Waals surface area (Å²) in [5.41, 5.74) is 4.42. The van der Waals surface area contributed by atoms with Gasteiger partial charge in [-0.1, -0.05) is 18.2 Å². The fourth-order valence-corrected chi connectivity index (χ4v) is 3.32. The molecule has 1 aliphatic heterocycles. The first-order valence-electron chi connectivity index (χ1n) is 9.14. The standard InChI is InChI=1S/C21H23N5O/c1-24-10-12-26(13-11-24)21(27)18-6-8-22-20(15-18)17-5-3-4-16(14-17)19-7-9-25(2)23-19/h3-9,14-15H,10-13H2,1-2H3. The maximum Gasteiger partial charge on any atom is 0.254 e. The molecule has 0 N–H and O–H groups in total. The van der Waals surface area contributed by atoms with Gasteiger partial charge >= 0.3 is 0 Å². The third-order valence-electron chi connectivity index (χ3n) is 4.97. The molecule has 3 aromatic rings. The number of pyridine rings is 1. The average Bonchev–Trinajstić information content (AvgIpc) is 3.15. The van der Waals surface area contributed by atoms with Crippen molar-refractivity contribution in [1.82, 2.24) is 24.6 Å². The van der Waals surface area contributed by atoms with Crippen LogP contribution in [0.2, 0.25) is 0 Å². The Bertz CT molecular complexity index is 956. The van der Waals surface area contributed by atoms with Crippen LogP contribution in [0.25, 0.3) is 22.5 Å². The first-order chi connectivity index (χ1) is 13.1. The number of aryl methyl sites for hydroxylation is 1. The van der Waals surface area contributed by atoms with Crippen molar-refractivity contribution in [2.75, 3.05) is 33.2 Å². The Kier molecular flexibility index (Phi) is 4.73. The van der Waals surface area contributed by atoms with E-state index in [-0.39, 0.29) is 5.91 Å². The molecule has 0 bridgehead atoms. The monoisotopic (exact) mass is 361 g/mol. The summed E-state index contributed by atoms with van der Waals surface area (Å²) in [6, 6.07) is 13.8. The van der Waals surface area contributed by atoms with Gasteiger partial charge in [0, 0.05) is 62.3 Å². The second kappa shape index (κ2) is 7.32. The van der Waals surface area contributed by atoms with E-state index in [0.29, 0.717) is 5.56 Å². The molecule has 1 aliphatic rings.